The number of rotatable bonds is 7. The zero-order chi connectivity index (χ0) is 17.5. The second-order valence-electron chi connectivity index (χ2n) is 5.54. The Balaban J connectivity index is 1.93. The van der Waals surface area contributed by atoms with Crippen molar-refractivity contribution in [2.75, 3.05) is 31.4 Å². The van der Waals surface area contributed by atoms with Gasteiger partial charge in [-0.15, -0.1) is 0 Å². The molecule has 0 aromatic heterocycles. The first-order chi connectivity index (χ1) is 11.5. The average molecular weight is 328 g/mol. The number of nitrogens with one attached hydrogen (secondary N) is 2. The van der Waals surface area contributed by atoms with Crippen molar-refractivity contribution in [3.63, 3.8) is 0 Å². The lowest BCUT2D eigenvalue weighted by atomic mass is 10.1. The molecule has 5 heteroatoms. The van der Waals surface area contributed by atoms with Crippen LogP contribution in [0.3, 0.4) is 0 Å². The Morgan fingerprint density at radius 1 is 1.04 bits per heavy atom. The molecule has 0 aliphatic rings. The van der Waals surface area contributed by atoms with Gasteiger partial charge in [-0.2, -0.15) is 0 Å². The monoisotopic (exact) mass is 328 g/mol. The normalized spacial score (nSPS) is 10.2. The summed E-state index contributed by atoms with van der Waals surface area (Å²) in [6.45, 7) is 4.70. The molecule has 0 heterocycles. The fraction of sp³-hybridized carbons (Fsp3) is 0.316. The van der Waals surface area contributed by atoms with Crippen LogP contribution in [0.15, 0.2) is 36.4 Å². The minimum atomic E-state index is -0.0839. The minimum absolute atomic E-state index is 0.0839. The lowest BCUT2D eigenvalue weighted by Crippen LogP contribution is -2.17. The number of aryl methyl sites for hydroxylation is 1. The van der Waals surface area contributed by atoms with Crippen molar-refractivity contribution in [3.05, 3.63) is 47.5 Å². The van der Waals surface area contributed by atoms with Crippen LogP contribution in [0.5, 0.6) is 11.5 Å². The summed E-state index contributed by atoms with van der Waals surface area (Å²) in [4.78, 5) is 12.2. The van der Waals surface area contributed by atoms with E-state index in [-0.39, 0.29) is 5.91 Å². The van der Waals surface area contributed by atoms with E-state index in [1.807, 2.05) is 12.1 Å². The van der Waals surface area contributed by atoms with Crippen molar-refractivity contribution < 1.29 is 14.3 Å². The molecule has 0 radical (unpaired) electrons. The summed E-state index contributed by atoms with van der Waals surface area (Å²) in [5, 5.41) is 6.17. The molecule has 0 spiro atoms. The number of benzene rings is 2. The van der Waals surface area contributed by atoms with E-state index in [9.17, 15) is 4.79 Å². The standard InChI is InChI=1S/C19H24N2O3/c1-13-6-5-7-16(14(13)2)20-11-10-19(22)21-17-12-15(23-3)8-9-18(17)24-4/h5-9,12,20H,10-11H2,1-4H3,(H,21,22). The molecule has 0 bridgehead atoms. The second-order valence-corrected chi connectivity index (χ2v) is 5.54. The SMILES string of the molecule is COc1ccc(OC)c(NC(=O)CCNc2cccc(C)c2C)c1. The molecule has 0 unspecified atom stereocenters. The van der Waals surface area contributed by atoms with Crippen molar-refractivity contribution in [2.24, 2.45) is 0 Å². The summed E-state index contributed by atoms with van der Waals surface area (Å²) in [7, 11) is 3.15. The number of hydrogen-bond donors (Lipinski definition) is 2. The molecule has 2 N–H and O–H groups in total. The third-order valence-corrected chi connectivity index (χ3v) is 3.95. The topological polar surface area (TPSA) is 59.6 Å². The molecule has 24 heavy (non-hydrogen) atoms. The molecule has 1 amide bonds. The van der Waals surface area contributed by atoms with Crippen molar-refractivity contribution in [1.82, 2.24) is 0 Å². The Morgan fingerprint density at radius 3 is 2.54 bits per heavy atom. The predicted octanol–water partition coefficient (Wildman–Crippen LogP) is 3.76. The summed E-state index contributed by atoms with van der Waals surface area (Å²) < 4.78 is 10.4. The smallest absolute Gasteiger partial charge is 0.226 e. The molecule has 5 nitrogen and oxygen atoms in total. The first kappa shape index (κ1) is 17.7. The van der Waals surface area contributed by atoms with Gasteiger partial charge in [-0.3, -0.25) is 4.79 Å². The van der Waals surface area contributed by atoms with Crippen LogP contribution < -0.4 is 20.1 Å². The zero-order valence-corrected chi connectivity index (χ0v) is 14.6. The maximum absolute atomic E-state index is 12.2. The Kier molecular flexibility index (Phi) is 6.07. The lowest BCUT2D eigenvalue weighted by molar-refractivity contribution is -0.116. The van der Waals surface area contributed by atoms with Crippen LogP contribution in [0.4, 0.5) is 11.4 Å². The third kappa shape index (κ3) is 4.41. The molecular formula is C19H24N2O3. The summed E-state index contributed by atoms with van der Waals surface area (Å²) in [6.07, 6.45) is 0.355. The molecule has 2 aromatic rings. The first-order valence-electron chi connectivity index (χ1n) is 7.87. The van der Waals surface area contributed by atoms with Crippen molar-refractivity contribution >= 4 is 17.3 Å². The lowest BCUT2D eigenvalue weighted by Gasteiger charge is -2.13. The second kappa shape index (κ2) is 8.24. The maximum Gasteiger partial charge on any atom is 0.226 e. The number of amides is 1. The summed E-state index contributed by atoms with van der Waals surface area (Å²) in [6, 6.07) is 11.4. The number of anilines is 2. The van der Waals surface area contributed by atoms with Gasteiger partial charge < -0.3 is 20.1 Å². The number of ether oxygens (including phenoxy) is 2. The third-order valence-electron chi connectivity index (χ3n) is 3.95. The van der Waals surface area contributed by atoms with Gasteiger partial charge in [0.15, 0.2) is 0 Å². The van der Waals surface area contributed by atoms with E-state index in [1.54, 1.807) is 32.4 Å². The molecule has 0 aliphatic heterocycles. The predicted molar refractivity (Wildman–Crippen MR) is 97.2 cm³/mol. The van der Waals surface area contributed by atoms with Crippen LogP contribution in [0.2, 0.25) is 0 Å². The van der Waals surface area contributed by atoms with E-state index >= 15 is 0 Å². The van der Waals surface area contributed by atoms with Gasteiger partial charge in [0, 0.05) is 24.7 Å². The summed E-state index contributed by atoms with van der Waals surface area (Å²) in [5.41, 5.74) is 4.09. The number of methoxy groups -OCH3 is 2. The van der Waals surface area contributed by atoms with Crippen LogP contribution in [0.1, 0.15) is 17.5 Å². The molecule has 0 atom stereocenters. The zero-order valence-electron chi connectivity index (χ0n) is 14.6. The van der Waals surface area contributed by atoms with E-state index in [1.165, 1.54) is 11.1 Å². The fourth-order valence-corrected chi connectivity index (χ4v) is 2.38. The van der Waals surface area contributed by atoms with E-state index in [0.717, 1.165) is 5.69 Å². The Bertz CT molecular complexity index is 714. The number of carbonyl (C=O) groups excluding carboxylic acids is 1. The van der Waals surface area contributed by atoms with Gasteiger partial charge in [-0.25, -0.2) is 0 Å². The number of carbonyl (C=O) groups is 1. The Labute approximate surface area is 143 Å². The molecule has 2 rings (SSSR count). The highest BCUT2D eigenvalue weighted by molar-refractivity contribution is 5.92. The van der Waals surface area contributed by atoms with Crippen molar-refractivity contribution in [2.45, 2.75) is 20.3 Å². The summed E-state index contributed by atoms with van der Waals surface area (Å²) in [5.74, 6) is 1.19. The molecule has 0 saturated carbocycles. The van der Waals surface area contributed by atoms with Gasteiger partial charge >= 0.3 is 0 Å². The molecule has 128 valence electrons. The quantitative estimate of drug-likeness (QED) is 0.812. The van der Waals surface area contributed by atoms with Crippen molar-refractivity contribution in [1.29, 1.82) is 0 Å². The van der Waals surface area contributed by atoms with Crippen LogP contribution in [-0.2, 0) is 4.79 Å². The molecule has 0 saturated heterocycles. The Hall–Kier alpha value is -2.69. The molecule has 0 fully saturated rings. The highest BCUT2D eigenvalue weighted by atomic mass is 16.5. The molecular weight excluding hydrogens is 304 g/mol. The van der Waals surface area contributed by atoms with E-state index < -0.39 is 0 Å². The summed E-state index contributed by atoms with van der Waals surface area (Å²) >= 11 is 0. The van der Waals surface area contributed by atoms with Crippen molar-refractivity contribution in [3.8, 4) is 11.5 Å². The first-order valence-corrected chi connectivity index (χ1v) is 7.87. The van der Waals surface area contributed by atoms with Crippen LogP contribution in [0.25, 0.3) is 0 Å². The van der Waals surface area contributed by atoms with Crippen LogP contribution in [-0.4, -0.2) is 26.7 Å². The average Bonchev–Trinajstić information content (AvgIpc) is 2.58. The largest absolute Gasteiger partial charge is 0.497 e. The molecule has 0 aliphatic carbocycles. The van der Waals surface area contributed by atoms with Gasteiger partial charge in [0.1, 0.15) is 11.5 Å². The fourth-order valence-electron chi connectivity index (χ4n) is 2.38. The van der Waals surface area contributed by atoms with Gasteiger partial charge in [0.25, 0.3) is 0 Å². The highest BCUT2D eigenvalue weighted by Crippen LogP contribution is 2.29. The number of hydrogen-bond acceptors (Lipinski definition) is 4. The van der Waals surface area contributed by atoms with Gasteiger partial charge in [-0.1, -0.05) is 12.1 Å². The minimum Gasteiger partial charge on any atom is -0.497 e. The molecule has 2 aromatic carbocycles. The maximum atomic E-state index is 12.2. The highest BCUT2D eigenvalue weighted by Gasteiger charge is 2.09. The van der Waals surface area contributed by atoms with E-state index in [2.05, 4.69) is 30.5 Å². The van der Waals surface area contributed by atoms with Crippen LogP contribution in [0, 0.1) is 13.8 Å². The van der Waals surface area contributed by atoms with Gasteiger partial charge in [0.05, 0.1) is 19.9 Å². The van der Waals surface area contributed by atoms with E-state index in [4.69, 9.17) is 9.47 Å². The van der Waals surface area contributed by atoms with E-state index in [0.29, 0.717) is 30.2 Å². The Morgan fingerprint density at radius 2 is 1.83 bits per heavy atom. The van der Waals surface area contributed by atoms with Gasteiger partial charge in [0.2, 0.25) is 5.91 Å². The van der Waals surface area contributed by atoms with Gasteiger partial charge in [-0.05, 0) is 43.2 Å². The van der Waals surface area contributed by atoms with Crippen LogP contribution >= 0.6 is 0 Å².